The largest absolute Gasteiger partial charge is 0.315 e. The van der Waals surface area contributed by atoms with E-state index >= 15 is 0 Å². The van der Waals surface area contributed by atoms with Crippen LogP contribution >= 0.6 is 11.3 Å². The van der Waals surface area contributed by atoms with Crippen molar-refractivity contribution in [3.05, 3.63) is 15.8 Å². The van der Waals surface area contributed by atoms with Crippen LogP contribution in [0, 0.1) is 6.92 Å². The summed E-state index contributed by atoms with van der Waals surface area (Å²) < 4.78 is 26.8. The third-order valence-electron chi connectivity index (χ3n) is 3.35. The Morgan fingerprint density at radius 1 is 1.56 bits per heavy atom. The van der Waals surface area contributed by atoms with Crippen molar-refractivity contribution in [2.24, 2.45) is 0 Å². The molecule has 1 atom stereocenters. The predicted octanol–water partition coefficient (Wildman–Crippen LogP) is 1.95. The zero-order valence-corrected chi connectivity index (χ0v) is 12.7. The first-order valence-corrected chi connectivity index (χ1v) is 8.48. The van der Waals surface area contributed by atoms with Crippen LogP contribution in [0.5, 0.6) is 0 Å². The molecular formula is C12H20N2O2S2. The van der Waals surface area contributed by atoms with Crippen LogP contribution < -0.4 is 5.32 Å². The van der Waals surface area contributed by atoms with Crippen molar-refractivity contribution in [1.82, 2.24) is 9.62 Å². The second kappa shape index (κ2) is 5.28. The normalized spacial score (nSPS) is 21.6. The highest BCUT2D eigenvalue weighted by molar-refractivity contribution is 7.89. The Balaban J connectivity index is 2.35. The lowest BCUT2D eigenvalue weighted by atomic mass is 10.3. The second-order valence-electron chi connectivity index (χ2n) is 4.77. The van der Waals surface area contributed by atoms with Gasteiger partial charge in [-0.3, -0.25) is 0 Å². The number of hydrogen-bond donors (Lipinski definition) is 1. The molecule has 0 radical (unpaired) electrons. The number of hydrogen-bond acceptors (Lipinski definition) is 4. The summed E-state index contributed by atoms with van der Waals surface area (Å²) in [6, 6.07) is 1.94. The Bertz CT molecular complexity index is 522. The minimum Gasteiger partial charge on any atom is -0.315 e. The summed E-state index contributed by atoms with van der Waals surface area (Å²) in [6.45, 7) is 5.24. The van der Waals surface area contributed by atoms with Crippen LogP contribution in [0.15, 0.2) is 11.0 Å². The van der Waals surface area contributed by atoms with Crippen LogP contribution in [0.3, 0.4) is 0 Å². The molecule has 0 aromatic carbocycles. The minimum atomic E-state index is -3.30. The lowest BCUT2D eigenvalue weighted by molar-refractivity contribution is 0.408. The summed E-state index contributed by atoms with van der Waals surface area (Å²) in [5.41, 5.74) is 0. The number of nitrogens with one attached hydrogen (secondary N) is 1. The predicted molar refractivity (Wildman–Crippen MR) is 74.4 cm³/mol. The third-order valence-corrected chi connectivity index (χ3v) is 6.67. The van der Waals surface area contributed by atoms with Gasteiger partial charge in [0.05, 0.1) is 4.90 Å². The summed E-state index contributed by atoms with van der Waals surface area (Å²) in [7, 11) is -1.43. The highest BCUT2D eigenvalue weighted by atomic mass is 32.2. The number of nitrogens with zero attached hydrogens (tertiary/aromatic N) is 1. The van der Waals surface area contributed by atoms with Crippen LogP contribution in [0.4, 0.5) is 0 Å². The van der Waals surface area contributed by atoms with Crippen molar-refractivity contribution < 1.29 is 8.42 Å². The molecule has 2 heterocycles. The maximum Gasteiger partial charge on any atom is 0.244 e. The molecule has 0 aliphatic carbocycles. The average Bonchev–Trinajstić information content (AvgIpc) is 2.86. The first kappa shape index (κ1) is 14.0. The average molecular weight is 288 g/mol. The molecule has 1 N–H and O–H groups in total. The van der Waals surface area contributed by atoms with Gasteiger partial charge >= 0.3 is 0 Å². The monoisotopic (exact) mass is 288 g/mol. The fraction of sp³-hybridized carbons (Fsp3) is 0.667. The van der Waals surface area contributed by atoms with Gasteiger partial charge in [-0.1, -0.05) is 0 Å². The van der Waals surface area contributed by atoms with Gasteiger partial charge in [0.2, 0.25) is 10.0 Å². The van der Waals surface area contributed by atoms with E-state index in [4.69, 9.17) is 0 Å². The molecule has 1 unspecified atom stereocenters. The van der Waals surface area contributed by atoms with Crippen LogP contribution in [0.1, 0.15) is 29.5 Å². The van der Waals surface area contributed by atoms with E-state index in [1.54, 1.807) is 15.6 Å². The van der Waals surface area contributed by atoms with Gasteiger partial charge in [0.15, 0.2) is 0 Å². The first-order valence-electron chi connectivity index (χ1n) is 6.22. The number of sulfonamides is 1. The van der Waals surface area contributed by atoms with E-state index in [2.05, 4.69) is 5.32 Å². The lowest BCUT2D eigenvalue weighted by Gasteiger charge is -2.20. The summed E-state index contributed by atoms with van der Waals surface area (Å²) in [5.74, 6) is 0. The molecule has 1 aromatic heterocycles. The maximum absolute atomic E-state index is 12.6. The highest BCUT2D eigenvalue weighted by Gasteiger charge is 2.34. The summed E-state index contributed by atoms with van der Waals surface area (Å²) >= 11 is 1.56. The zero-order chi connectivity index (χ0) is 13.3. The van der Waals surface area contributed by atoms with Gasteiger partial charge in [0.1, 0.15) is 0 Å². The van der Waals surface area contributed by atoms with Gasteiger partial charge in [-0.05, 0) is 39.8 Å². The minimum absolute atomic E-state index is 0.127. The molecule has 4 nitrogen and oxygen atoms in total. The molecule has 1 fully saturated rings. The molecule has 6 heteroatoms. The van der Waals surface area contributed by atoms with E-state index in [1.807, 2.05) is 27.0 Å². The summed E-state index contributed by atoms with van der Waals surface area (Å²) in [6.07, 6.45) is 1.93. The van der Waals surface area contributed by atoms with E-state index in [9.17, 15) is 8.42 Å². The quantitative estimate of drug-likeness (QED) is 0.921. The molecular weight excluding hydrogens is 268 g/mol. The number of aryl methyl sites for hydroxylation is 1. The van der Waals surface area contributed by atoms with E-state index in [0.29, 0.717) is 11.4 Å². The molecule has 0 spiro atoms. The second-order valence-corrected chi connectivity index (χ2v) is 7.97. The standard InChI is InChI=1S/C12H20N2O2S2/c1-9-5-4-6-14(9)18(15,16)12-7-11(8-13-3)17-10(12)2/h7,9,13H,4-6,8H2,1-3H3. The van der Waals surface area contributed by atoms with Gasteiger partial charge in [-0.15, -0.1) is 11.3 Å². The summed E-state index contributed by atoms with van der Waals surface area (Å²) in [4.78, 5) is 2.45. The van der Waals surface area contributed by atoms with Crippen molar-refractivity contribution in [3.63, 3.8) is 0 Å². The molecule has 1 aliphatic rings. The Morgan fingerprint density at radius 3 is 2.83 bits per heavy atom. The van der Waals surface area contributed by atoms with E-state index < -0.39 is 10.0 Å². The van der Waals surface area contributed by atoms with Gasteiger partial charge < -0.3 is 5.32 Å². The fourth-order valence-corrected chi connectivity index (χ4v) is 5.75. The Morgan fingerprint density at radius 2 is 2.28 bits per heavy atom. The fourth-order valence-electron chi connectivity index (χ4n) is 2.43. The van der Waals surface area contributed by atoms with Gasteiger partial charge in [-0.25, -0.2) is 8.42 Å². The SMILES string of the molecule is CNCc1cc(S(=O)(=O)N2CCCC2C)c(C)s1. The van der Waals surface area contributed by atoms with Crippen LogP contribution in [-0.2, 0) is 16.6 Å². The molecule has 1 aliphatic heterocycles. The van der Waals surface area contributed by atoms with E-state index in [1.165, 1.54) is 0 Å². The van der Waals surface area contributed by atoms with Crippen molar-refractivity contribution in [1.29, 1.82) is 0 Å². The molecule has 1 aromatic rings. The molecule has 18 heavy (non-hydrogen) atoms. The summed E-state index contributed by atoms with van der Waals surface area (Å²) in [5, 5.41) is 3.06. The van der Waals surface area contributed by atoms with Crippen LogP contribution in [0.2, 0.25) is 0 Å². The van der Waals surface area contributed by atoms with Crippen molar-refractivity contribution in [2.75, 3.05) is 13.6 Å². The molecule has 0 amide bonds. The van der Waals surface area contributed by atoms with E-state index in [0.717, 1.165) is 29.1 Å². The van der Waals surface area contributed by atoms with E-state index in [-0.39, 0.29) is 6.04 Å². The topological polar surface area (TPSA) is 49.4 Å². The zero-order valence-electron chi connectivity index (χ0n) is 11.1. The third kappa shape index (κ3) is 2.47. The van der Waals surface area contributed by atoms with Crippen LogP contribution in [0.25, 0.3) is 0 Å². The maximum atomic E-state index is 12.6. The van der Waals surface area contributed by atoms with Gasteiger partial charge in [-0.2, -0.15) is 4.31 Å². The smallest absolute Gasteiger partial charge is 0.244 e. The Kier molecular flexibility index (Phi) is 4.11. The lowest BCUT2D eigenvalue weighted by Crippen LogP contribution is -2.33. The van der Waals surface area contributed by atoms with Gasteiger partial charge in [0, 0.05) is 28.9 Å². The number of rotatable bonds is 4. The van der Waals surface area contributed by atoms with Crippen LogP contribution in [-0.4, -0.2) is 32.4 Å². The van der Waals surface area contributed by atoms with Crippen molar-refractivity contribution in [3.8, 4) is 0 Å². The molecule has 0 bridgehead atoms. The van der Waals surface area contributed by atoms with Crippen molar-refractivity contribution >= 4 is 21.4 Å². The molecule has 0 saturated carbocycles. The first-order chi connectivity index (χ1) is 8.46. The molecule has 102 valence electrons. The molecule has 1 saturated heterocycles. The number of thiophene rings is 1. The molecule has 2 rings (SSSR count). The Labute approximate surface area is 113 Å². The van der Waals surface area contributed by atoms with Crippen molar-refractivity contribution in [2.45, 2.75) is 44.2 Å². The van der Waals surface area contributed by atoms with Gasteiger partial charge in [0.25, 0.3) is 0 Å². The Hall–Kier alpha value is -0.430. The highest BCUT2D eigenvalue weighted by Crippen LogP contribution is 2.31.